The van der Waals surface area contributed by atoms with Gasteiger partial charge in [-0.1, -0.05) is 37.9 Å². The van der Waals surface area contributed by atoms with Crippen LogP contribution in [0.2, 0.25) is 0 Å². The van der Waals surface area contributed by atoms with Crippen molar-refractivity contribution in [2.24, 2.45) is 0 Å². The van der Waals surface area contributed by atoms with E-state index in [1.807, 2.05) is 0 Å². The zero-order chi connectivity index (χ0) is 15.8. The molecule has 2 aliphatic rings. The van der Waals surface area contributed by atoms with Gasteiger partial charge < -0.3 is 0 Å². The van der Waals surface area contributed by atoms with Crippen LogP contribution < -0.4 is 5.56 Å². The summed E-state index contributed by atoms with van der Waals surface area (Å²) in [4.78, 5) is 20.7. The lowest BCUT2D eigenvalue weighted by Gasteiger charge is -2.26. The van der Waals surface area contributed by atoms with E-state index in [1.165, 1.54) is 42.5 Å². The molecule has 0 atom stereocenters. The molecule has 124 valence electrons. The molecule has 0 radical (unpaired) electrons. The Balaban J connectivity index is 1.92. The number of hydrogen-bond acceptors (Lipinski definition) is 4. The molecule has 0 saturated heterocycles. The average Bonchev–Trinajstić information content (AvgIpc) is 2.94. The Bertz CT molecular complexity index is 771. The fraction of sp³-hybridized carbons (Fsp3) is 0.667. The predicted molar refractivity (Wildman–Crippen MR) is 99.0 cm³/mol. The number of rotatable bonds is 3. The fourth-order valence-corrected chi connectivity index (χ4v) is 6.19. The van der Waals surface area contributed by atoms with Gasteiger partial charge in [0, 0.05) is 10.9 Å². The van der Waals surface area contributed by atoms with Crippen LogP contribution in [0.4, 0.5) is 0 Å². The number of thiophene rings is 1. The van der Waals surface area contributed by atoms with Crippen molar-refractivity contribution in [1.29, 1.82) is 0 Å². The third-order valence-corrected chi connectivity index (χ3v) is 7.22. The molecule has 23 heavy (non-hydrogen) atoms. The van der Waals surface area contributed by atoms with Crippen molar-refractivity contribution < 1.29 is 0 Å². The highest BCUT2D eigenvalue weighted by Crippen LogP contribution is 2.36. The molecule has 1 saturated carbocycles. The number of aryl methyl sites for hydroxylation is 2. The lowest BCUT2D eigenvalue weighted by atomic mass is 9.94. The van der Waals surface area contributed by atoms with Crippen molar-refractivity contribution in [2.75, 3.05) is 5.75 Å². The highest BCUT2D eigenvalue weighted by molar-refractivity contribution is 7.99. The monoisotopic (exact) mass is 348 g/mol. The van der Waals surface area contributed by atoms with E-state index in [2.05, 4.69) is 11.5 Å². The van der Waals surface area contributed by atoms with Crippen molar-refractivity contribution in [1.82, 2.24) is 9.55 Å². The standard InChI is InChI=1S/C18H24N2OS2/c1-2-22-18-19-16-15(13-10-6-7-11-14(13)23-16)17(21)20(18)12-8-4-3-5-9-12/h12H,2-11H2,1H3. The first kappa shape index (κ1) is 15.7. The van der Waals surface area contributed by atoms with Crippen molar-refractivity contribution >= 4 is 33.3 Å². The van der Waals surface area contributed by atoms with Crippen LogP contribution in [0.5, 0.6) is 0 Å². The quantitative estimate of drug-likeness (QED) is 0.581. The molecule has 0 aromatic carbocycles. The minimum absolute atomic E-state index is 0.247. The first-order valence-corrected chi connectivity index (χ1v) is 10.8. The van der Waals surface area contributed by atoms with Gasteiger partial charge in [0.1, 0.15) is 4.83 Å². The number of fused-ring (bicyclic) bond motifs is 3. The number of nitrogens with zero attached hydrogens (tertiary/aromatic N) is 2. The molecule has 0 N–H and O–H groups in total. The first-order chi connectivity index (χ1) is 11.3. The van der Waals surface area contributed by atoms with Crippen LogP contribution in [0.15, 0.2) is 9.95 Å². The van der Waals surface area contributed by atoms with Crippen molar-refractivity contribution in [2.45, 2.75) is 75.9 Å². The first-order valence-electron chi connectivity index (χ1n) is 8.99. The summed E-state index contributed by atoms with van der Waals surface area (Å²) in [6.07, 6.45) is 10.7. The van der Waals surface area contributed by atoms with Crippen LogP contribution in [-0.2, 0) is 12.8 Å². The molecule has 2 heterocycles. The van der Waals surface area contributed by atoms with E-state index in [-0.39, 0.29) is 5.56 Å². The van der Waals surface area contributed by atoms with Gasteiger partial charge in [-0.15, -0.1) is 11.3 Å². The summed E-state index contributed by atoms with van der Waals surface area (Å²) in [7, 11) is 0. The number of thioether (sulfide) groups is 1. The van der Waals surface area contributed by atoms with Gasteiger partial charge in [0.05, 0.1) is 5.39 Å². The molecule has 0 spiro atoms. The second kappa shape index (κ2) is 6.60. The number of aromatic nitrogens is 2. The Morgan fingerprint density at radius 3 is 2.74 bits per heavy atom. The fourth-order valence-electron chi connectivity index (χ4n) is 4.09. The topological polar surface area (TPSA) is 34.9 Å². The second-order valence-electron chi connectivity index (χ2n) is 6.69. The highest BCUT2D eigenvalue weighted by Gasteiger charge is 2.25. The highest BCUT2D eigenvalue weighted by atomic mass is 32.2. The Hall–Kier alpha value is -0.810. The summed E-state index contributed by atoms with van der Waals surface area (Å²) in [5.74, 6) is 0.968. The Morgan fingerprint density at radius 2 is 1.96 bits per heavy atom. The molecule has 4 rings (SSSR count). The van der Waals surface area contributed by atoms with Gasteiger partial charge in [-0.2, -0.15) is 0 Å². The van der Waals surface area contributed by atoms with Gasteiger partial charge in [-0.05, 0) is 49.8 Å². The smallest absolute Gasteiger partial charge is 0.263 e. The minimum Gasteiger partial charge on any atom is -0.284 e. The maximum atomic E-state index is 13.4. The summed E-state index contributed by atoms with van der Waals surface area (Å²) in [6, 6.07) is 0.362. The Kier molecular flexibility index (Phi) is 4.50. The van der Waals surface area contributed by atoms with Crippen LogP contribution >= 0.6 is 23.1 Å². The molecular weight excluding hydrogens is 324 g/mol. The lowest BCUT2D eigenvalue weighted by molar-refractivity contribution is 0.326. The zero-order valence-corrected chi connectivity index (χ0v) is 15.4. The molecule has 1 fully saturated rings. The molecular formula is C18H24N2OS2. The van der Waals surface area contributed by atoms with Gasteiger partial charge in [0.15, 0.2) is 5.16 Å². The largest absolute Gasteiger partial charge is 0.284 e. The van der Waals surface area contributed by atoms with E-state index in [9.17, 15) is 4.79 Å². The van der Waals surface area contributed by atoms with Crippen LogP contribution in [0.25, 0.3) is 10.2 Å². The van der Waals surface area contributed by atoms with Crippen molar-refractivity contribution in [3.63, 3.8) is 0 Å². The molecule has 5 heteroatoms. The van der Waals surface area contributed by atoms with E-state index < -0.39 is 0 Å². The summed E-state index contributed by atoms with van der Waals surface area (Å²) >= 11 is 3.50. The maximum Gasteiger partial charge on any atom is 0.263 e. The van der Waals surface area contributed by atoms with Gasteiger partial charge in [-0.25, -0.2) is 4.98 Å². The van der Waals surface area contributed by atoms with Crippen LogP contribution in [0.1, 0.15) is 68.4 Å². The van der Waals surface area contributed by atoms with Gasteiger partial charge in [-0.3, -0.25) is 9.36 Å². The van der Waals surface area contributed by atoms with E-state index in [0.29, 0.717) is 6.04 Å². The summed E-state index contributed by atoms with van der Waals surface area (Å²) in [5.41, 5.74) is 1.57. The molecule has 0 aliphatic heterocycles. The molecule has 2 aromatic heterocycles. The molecule has 0 unspecified atom stereocenters. The molecule has 2 aliphatic carbocycles. The van der Waals surface area contributed by atoms with Crippen LogP contribution in [0.3, 0.4) is 0 Å². The van der Waals surface area contributed by atoms with E-state index in [1.54, 1.807) is 23.1 Å². The van der Waals surface area contributed by atoms with Gasteiger partial charge in [0.25, 0.3) is 5.56 Å². The average molecular weight is 349 g/mol. The number of hydrogen-bond donors (Lipinski definition) is 0. The molecule has 0 bridgehead atoms. The SMILES string of the molecule is CCSc1nc2sc3c(c2c(=O)n1C1CCCCC1)CCCC3. The predicted octanol–water partition coefficient (Wildman–Crippen LogP) is 4.95. The second-order valence-corrected chi connectivity index (χ2v) is 9.00. The normalized spacial score (nSPS) is 19.2. The van der Waals surface area contributed by atoms with Crippen LogP contribution in [0, 0.1) is 0 Å². The maximum absolute atomic E-state index is 13.4. The third-order valence-electron chi connectivity index (χ3n) is 5.20. The Labute approximate surface area is 145 Å². The van der Waals surface area contributed by atoms with E-state index in [4.69, 9.17) is 4.98 Å². The minimum atomic E-state index is 0.247. The van der Waals surface area contributed by atoms with Crippen molar-refractivity contribution in [3.8, 4) is 0 Å². The van der Waals surface area contributed by atoms with E-state index in [0.717, 1.165) is 46.8 Å². The summed E-state index contributed by atoms with van der Waals surface area (Å²) < 4.78 is 2.07. The molecule has 3 nitrogen and oxygen atoms in total. The lowest BCUT2D eigenvalue weighted by Crippen LogP contribution is -2.29. The molecule has 0 amide bonds. The van der Waals surface area contributed by atoms with Crippen LogP contribution in [-0.4, -0.2) is 15.3 Å². The summed E-state index contributed by atoms with van der Waals surface area (Å²) in [5, 5.41) is 1.91. The summed E-state index contributed by atoms with van der Waals surface area (Å²) in [6.45, 7) is 2.14. The van der Waals surface area contributed by atoms with E-state index >= 15 is 0 Å². The van der Waals surface area contributed by atoms with Crippen molar-refractivity contribution in [3.05, 3.63) is 20.8 Å². The zero-order valence-electron chi connectivity index (χ0n) is 13.8. The van der Waals surface area contributed by atoms with Gasteiger partial charge in [0.2, 0.25) is 0 Å². The third kappa shape index (κ3) is 2.76. The van der Waals surface area contributed by atoms with Gasteiger partial charge >= 0.3 is 0 Å². The molecule has 2 aromatic rings. The Morgan fingerprint density at radius 1 is 1.17 bits per heavy atom.